The summed E-state index contributed by atoms with van der Waals surface area (Å²) >= 11 is 0. The van der Waals surface area contributed by atoms with Crippen molar-refractivity contribution in [3.63, 3.8) is 0 Å². The summed E-state index contributed by atoms with van der Waals surface area (Å²) in [6.45, 7) is 0.0513. The second-order valence-corrected chi connectivity index (χ2v) is 4.06. The third-order valence-electron chi connectivity index (χ3n) is 2.63. The standard InChI is InChI=1S/C13H11F2N3O2/c14-9-2-1-7(10(15)4-9)5-17-12-11(16)3-8(6-18-12)13(19)20/h1-4,6H,5,16H2,(H,17,18)(H,19,20). The van der Waals surface area contributed by atoms with Gasteiger partial charge in [0.1, 0.15) is 17.5 Å². The molecule has 1 aromatic heterocycles. The number of carbonyl (C=O) groups is 1. The van der Waals surface area contributed by atoms with Gasteiger partial charge in [-0.3, -0.25) is 0 Å². The van der Waals surface area contributed by atoms with Crippen LogP contribution in [-0.4, -0.2) is 16.1 Å². The van der Waals surface area contributed by atoms with Crippen LogP contribution in [-0.2, 0) is 6.54 Å². The van der Waals surface area contributed by atoms with Gasteiger partial charge in [-0.15, -0.1) is 0 Å². The average Bonchev–Trinajstić information content (AvgIpc) is 2.38. The molecule has 0 fully saturated rings. The molecule has 5 nitrogen and oxygen atoms in total. The molecule has 2 aromatic rings. The molecule has 1 aromatic carbocycles. The monoisotopic (exact) mass is 279 g/mol. The molecule has 0 atom stereocenters. The molecule has 0 spiro atoms. The summed E-state index contributed by atoms with van der Waals surface area (Å²) in [5, 5.41) is 11.5. The number of aromatic nitrogens is 1. The first kappa shape index (κ1) is 13.7. The van der Waals surface area contributed by atoms with Crippen molar-refractivity contribution in [1.82, 2.24) is 4.98 Å². The second kappa shape index (κ2) is 5.52. The number of hydrogen-bond acceptors (Lipinski definition) is 4. The highest BCUT2D eigenvalue weighted by atomic mass is 19.1. The summed E-state index contributed by atoms with van der Waals surface area (Å²) in [6.07, 6.45) is 1.14. The Morgan fingerprint density at radius 1 is 1.35 bits per heavy atom. The molecule has 0 aliphatic heterocycles. The van der Waals surface area contributed by atoms with Gasteiger partial charge in [0.25, 0.3) is 0 Å². The predicted octanol–water partition coefficient (Wildman–Crippen LogP) is 2.25. The van der Waals surface area contributed by atoms with Crippen LogP contribution in [0.1, 0.15) is 15.9 Å². The van der Waals surface area contributed by atoms with Gasteiger partial charge in [0.15, 0.2) is 0 Å². The number of nitrogens with one attached hydrogen (secondary N) is 1. The highest BCUT2D eigenvalue weighted by Gasteiger charge is 2.09. The molecule has 0 aliphatic rings. The Hall–Kier alpha value is -2.70. The number of benzene rings is 1. The molecule has 0 aliphatic carbocycles. The zero-order valence-electron chi connectivity index (χ0n) is 10.2. The zero-order chi connectivity index (χ0) is 14.7. The summed E-state index contributed by atoms with van der Waals surface area (Å²) in [7, 11) is 0. The number of aromatic carboxylic acids is 1. The molecule has 104 valence electrons. The summed E-state index contributed by atoms with van der Waals surface area (Å²) < 4.78 is 26.2. The minimum atomic E-state index is -1.14. The number of carboxylic acid groups (broad SMARTS) is 1. The van der Waals surface area contributed by atoms with Crippen molar-refractivity contribution in [2.75, 3.05) is 11.1 Å². The first-order valence-electron chi connectivity index (χ1n) is 5.64. The molecule has 1 heterocycles. The summed E-state index contributed by atoms with van der Waals surface area (Å²) in [4.78, 5) is 14.6. The Labute approximate surface area is 113 Å². The van der Waals surface area contributed by atoms with Crippen LogP contribution in [0.3, 0.4) is 0 Å². The zero-order valence-corrected chi connectivity index (χ0v) is 10.2. The highest BCUT2D eigenvalue weighted by Crippen LogP contribution is 2.18. The van der Waals surface area contributed by atoms with E-state index in [9.17, 15) is 13.6 Å². The Balaban J connectivity index is 2.13. The number of anilines is 2. The summed E-state index contributed by atoms with van der Waals surface area (Å²) in [5.41, 5.74) is 5.98. The van der Waals surface area contributed by atoms with E-state index in [-0.39, 0.29) is 29.2 Å². The quantitative estimate of drug-likeness (QED) is 0.799. The van der Waals surface area contributed by atoms with Gasteiger partial charge in [-0.2, -0.15) is 0 Å². The van der Waals surface area contributed by atoms with Crippen LogP contribution in [0.5, 0.6) is 0 Å². The van der Waals surface area contributed by atoms with E-state index in [1.54, 1.807) is 0 Å². The van der Waals surface area contributed by atoms with Crippen LogP contribution >= 0.6 is 0 Å². The van der Waals surface area contributed by atoms with E-state index >= 15 is 0 Å². The Bertz CT molecular complexity index is 662. The lowest BCUT2D eigenvalue weighted by molar-refractivity contribution is 0.0696. The molecule has 0 radical (unpaired) electrons. The first-order chi connectivity index (χ1) is 9.47. The molecule has 0 saturated heterocycles. The molecule has 7 heteroatoms. The summed E-state index contributed by atoms with van der Waals surface area (Å²) in [6, 6.07) is 4.48. The maximum Gasteiger partial charge on any atom is 0.337 e. The molecular formula is C13H11F2N3O2. The highest BCUT2D eigenvalue weighted by molar-refractivity contribution is 5.89. The van der Waals surface area contributed by atoms with E-state index in [0.717, 1.165) is 18.3 Å². The first-order valence-corrected chi connectivity index (χ1v) is 5.64. The Morgan fingerprint density at radius 3 is 2.70 bits per heavy atom. The van der Waals surface area contributed by atoms with Crippen molar-refractivity contribution >= 4 is 17.5 Å². The smallest absolute Gasteiger partial charge is 0.337 e. The predicted molar refractivity (Wildman–Crippen MR) is 69.3 cm³/mol. The van der Waals surface area contributed by atoms with Crippen LogP contribution in [0.4, 0.5) is 20.3 Å². The largest absolute Gasteiger partial charge is 0.478 e. The van der Waals surface area contributed by atoms with Gasteiger partial charge >= 0.3 is 5.97 Å². The molecule has 0 unspecified atom stereocenters. The molecule has 20 heavy (non-hydrogen) atoms. The summed E-state index contributed by atoms with van der Waals surface area (Å²) in [5.74, 6) is -2.24. The average molecular weight is 279 g/mol. The maximum atomic E-state index is 13.4. The number of nitrogens with two attached hydrogens (primary N) is 1. The van der Waals surface area contributed by atoms with E-state index in [2.05, 4.69) is 10.3 Å². The number of rotatable bonds is 4. The SMILES string of the molecule is Nc1cc(C(=O)O)cnc1NCc1ccc(F)cc1F. The van der Waals surface area contributed by atoms with Crippen molar-refractivity contribution < 1.29 is 18.7 Å². The van der Waals surface area contributed by atoms with E-state index in [4.69, 9.17) is 10.8 Å². The maximum absolute atomic E-state index is 13.4. The number of halogens is 2. The van der Waals surface area contributed by atoms with Gasteiger partial charge in [0, 0.05) is 24.4 Å². The van der Waals surface area contributed by atoms with Gasteiger partial charge in [-0.25, -0.2) is 18.6 Å². The normalized spacial score (nSPS) is 10.3. The van der Waals surface area contributed by atoms with Gasteiger partial charge in [-0.1, -0.05) is 6.07 Å². The molecule has 0 bridgehead atoms. The third kappa shape index (κ3) is 3.00. The van der Waals surface area contributed by atoms with Gasteiger partial charge in [-0.05, 0) is 12.1 Å². The van der Waals surface area contributed by atoms with Gasteiger partial charge < -0.3 is 16.2 Å². The van der Waals surface area contributed by atoms with Crippen molar-refractivity contribution in [3.8, 4) is 0 Å². The number of nitrogen functional groups attached to an aromatic ring is 1. The fourth-order valence-electron chi connectivity index (χ4n) is 1.59. The number of hydrogen-bond donors (Lipinski definition) is 3. The topological polar surface area (TPSA) is 88.2 Å². The van der Waals surface area contributed by atoms with Crippen molar-refractivity contribution in [1.29, 1.82) is 0 Å². The van der Waals surface area contributed by atoms with E-state index < -0.39 is 17.6 Å². The lowest BCUT2D eigenvalue weighted by atomic mass is 10.2. The van der Waals surface area contributed by atoms with Crippen LogP contribution in [0.2, 0.25) is 0 Å². The van der Waals surface area contributed by atoms with Crippen LogP contribution in [0.15, 0.2) is 30.5 Å². The number of carboxylic acids is 1. The molecule has 0 saturated carbocycles. The lowest BCUT2D eigenvalue weighted by Gasteiger charge is -2.09. The van der Waals surface area contributed by atoms with Gasteiger partial charge in [0.2, 0.25) is 0 Å². The minimum Gasteiger partial charge on any atom is -0.478 e. The number of nitrogens with zero attached hydrogens (tertiary/aromatic N) is 1. The number of pyridine rings is 1. The van der Waals surface area contributed by atoms with Crippen LogP contribution in [0, 0.1) is 11.6 Å². The Kier molecular flexibility index (Phi) is 3.79. The van der Waals surface area contributed by atoms with E-state index in [0.29, 0.717) is 0 Å². The van der Waals surface area contributed by atoms with E-state index in [1.165, 1.54) is 12.1 Å². The third-order valence-corrected chi connectivity index (χ3v) is 2.63. The van der Waals surface area contributed by atoms with Gasteiger partial charge in [0.05, 0.1) is 11.3 Å². The molecule has 2 rings (SSSR count). The van der Waals surface area contributed by atoms with Crippen molar-refractivity contribution in [2.45, 2.75) is 6.54 Å². The second-order valence-electron chi connectivity index (χ2n) is 4.06. The van der Waals surface area contributed by atoms with Crippen LogP contribution < -0.4 is 11.1 Å². The molecule has 4 N–H and O–H groups in total. The van der Waals surface area contributed by atoms with Crippen molar-refractivity contribution in [2.24, 2.45) is 0 Å². The van der Waals surface area contributed by atoms with Crippen LogP contribution in [0.25, 0.3) is 0 Å². The minimum absolute atomic E-state index is 0.0407. The van der Waals surface area contributed by atoms with E-state index in [1.807, 2.05) is 0 Å². The van der Waals surface area contributed by atoms with Crippen molar-refractivity contribution in [3.05, 3.63) is 53.2 Å². The molecular weight excluding hydrogens is 268 g/mol. The lowest BCUT2D eigenvalue weighted by Crippen LogP contribution is -2.08. The Morgan fingerprint density at radius 2 is 2.10 bits per heavy atom. The molecule has 0 amide bonds. The fraction of sp³-hybridized carbons (Fsp3) is 0.0769. The fourth-order valence-corrected chi connectivity index (χ4v) is 1.59.